The zero-order valence-electron chi connectivity index (χ0n) is 15.2. The molecule has 1 unspecified atom stereocenters. The molecular formula is C20H23N3O4. The van der Waals surface area contributed by atoms with Gasteiger partial charge >= 0.3 is 0 Å². The molecule has 0 fully saturated rings. The number of hydrogen-bond acceptors (Lipinski definition) is 6. The van der Waals surface area contributed by atoms with Crippen LogP contribution in [0.15, 0.2) is 71.0 Å². The minimum atomic E-state index is -1.24. The quantitative estimate of drug-likeness (QED) is 0.296. The highest BCUT2D eigenvalue weighted by molar-refractivity contribution is 6.00. The molecule has 0 radical (unpaired) electrons. The van der Waals surface area contributed by atoms with Crippen molar-refractivity contribution < 1.29 is 15.3 Å². The van der Waals surface area contributed by atoms with Crippen molar-refractivity contribution >= 4 is 11.4 Å². The van der Waals surface area contributed by atoms with E-state index in [0.29, 0.717) is 11.4 Å². The van der Waals surface area contributed by atoms with Crippen molar-refractivity contribution in [2.75, 3.05) is 0 Å². The third-order valence-corrected chi connectivity index (χ3v) is 4.70. The Morgan fingerprint density at radius 1 is 0.889 bits per heavy atom. The molecule has 7 heteroatoms. The minimum absolute atomic E-state index is 0.196. The maximum atomic E-state index is 11.7. The molecule has 0 heterocycles. The standard InChI is InChI=1S/C20H23N3O4/c1-20(23(26)27,14-12-18(21-24)16-8-4-2-5-9-16)15-13-19(22-25)17-10-6-3-7-11-17/h2-11,24-25H,12-15H2,1H3/b21-18-,22-19+. The summed E-state index contributed by atoms with van der Waals surface area (Å²) in [4.78, 5) is 11.4. The fourth-order valence-corrected chi connectivity index (χ4v) is 2.85. The summed E-state index contributed by atoms with van der Waals surface area (Å²) >= 11 is 0. The average molecular weight is 369 g/mol. The van der Waals surface area contributed by atoms with Crippen LogP contribution in [-0.2, 0) is 0 Å². The van der Waals surface area contributed by atoms with E-state index in [0.717, 1.165) is 11.1 Å². The second-order valence-corrected chi connectivity index (χ2v) is 6.58. The number of nitrogens with zero attached hydrogens (tertiary/aromatic N) is 3. The van der Waals surface area contributed by atoms with E-state index in [9.17, 15) is 20.5 Å². The van der Waals surface area contributed by atoms with E-state index in [1.165, 1.54) is 0 Å². The summed E-state index contributed by atoms with van der Waals surface area (Å²) in [5.41, 5.74) is 1.03. The SMILES string of the molecule is CC(CC/C(=N/O)c1ccccc1)(CC/C(=N\O)c1ccccc1)[N+](=O)[O-]. The van der Waals surface area contributed by atoms with Crippen LogP contribution in [0.1, 0.15) is 43.7 Å². The lowest BCUT2D eigenvalue weighted by Crippen LogP contribution is -2.36. The molecule has 2 N–H and O–H groups in total. The van der Waals surface area contributed by atoms with Crippen LogP contribution in [0.3, 0.4) is 0 Å². The summed E-state index contributed by atoms with van der Waals surface area (Å²) in [5, 5.41) is 36.9. The molecule has 0 aliphatic rings. The third kappa shape index (κ3) is 5.37. The average Bonchev–Trinajstić information content (AvgIpc) is 2.70. The highest BCUT2D eigenvalue weighted by Gasteiger charge is 2.37. The Bertz CT molecular complexity index is 745. The topological polar surface area (TPSA) is 108 Å². The Labute approximate surface area is 157 Å². The van der Waals surface area contributed by atoms with Crippen LogP contribution in [-0.4, -0.2) is 32.3 Å². The van der Waals surface area contributed by atoms with E-state index >= 15 is 0 Å². The Morgan fingerprint density at radius 2 is 1.26 bits per heavy atom. The van der Waals surface area contributed by atoms with E-state index in [-0.39, 0.29) is 30.6 Å². The molecule has 0 amide bonds. The molecule has 0 aromatic heterocycles. The first-order valence-electron chi connectivity index (χ1n) is 8.67. The summed E-state index contributed by atoms with van der Waals surface area (Å²) in [6.07, 6.45) is 0.910. The van der Waals surface area contributed by atoms with Gasteiger partial charge in [0.05, 0.1) is 11.4 Å². The fourth-order valence-electron chi connectivity index (χ4n) is 2.85. The summed E-state index contributed by atoms with van der Waals surface area (Å²) in [6.45, 7) is 1.56. The molecule has 7 nitrogen and oxygen atoms in total. The Hall–Kier alpha value is -3.22. The lowest BCUT2D eigenvalue weighted by Gasteiger charge is -2.21. The summed E-state index contributed by atoms with van der Waals surface area (Å²) < 4.78 is 0. The fraction of sp³-hybridized carbons (Fsp3) is 0.300. The first kappa shape index (κ1) is 20.1. The molecule has 0 saturated heterocycles. The summed E-state index contributed by atoms with van der Waals surface area (Å²) in [5.74, 6) is 0. The molecule has 0 aliphatic heterocycles. The van der Waals surface area contributed by atoms with Crippen molar-refractivity contribution in [3.63, 3.8) is 0 Å². The number of benzene rings is 2. The van der Waals surface area contributed by atoms with Gasteiger partial charge in [-0.05, 0) is 11.1 Å². The number of nitro groups is 1. The smallest absolute Gasteiger partial charge is 0.220 e. The van der Waals surface area contributed by atoms with Gasteiger partial charge in [0.15, 0.2) is 0 Å². The van der Waals surface area contributed by atoms with Crippen LogP contribution >= 0.6 is 0 Å². The van der Waals surface area contributed by atoms with E-state index < -0.39 is 5.54 Å². The predicted molar refractivity (Wildman–Crippen MR) is 103 cm³/mol. The normalized spacial score (nSPS) is 14.6. The second kappa shape index (κ2) is 9.47. The molecular weight excluding hydrogens is 346 g/mol. The molecule has 0 saturated carbocycles. The van der Waals surface area contributed by atoms with Crippen LogP contribution in [0.4, 0.5) is 0 Å². The van der Waals surface area contributed by atoms with Crippen molar-refractivity contribution in [2.24, 2.45) is 10.3 Å². The van der Waals surface area contributed by atoms with Gasteiger partial charge in [-0.15, -0.1) is 0 Å². The van der Waals surface area contributed by atoms with Gasteiger partial charge in [-0.25, -0.2) is 0 Å². The maximum absolute atomic E-state index is 11.7. The van der Waals surface area contributed by atoms with Crippen LogP contribution in [0.2, 0.25) is 0 Å². The first-order chi connectivity index (χ1) is 13.0. The maximum Gasteiger partial charge on any atom is 0.220 e. The lowest BCUT2D eigenvalue weighted by atomic mass is 9.87. The monoisotopic (exact) mass is 369 g/mol. The molecule has 1 atom stereocenters. The van der Waals surface area contributed by atoms with Gasteiger partial charge < -0.3 is 10.4 Å². The molecule has 2 aromatic rings. The van der Waals surface area contributed by atoms with Gasteiger partial charge in [-0.1, -0.05) is 71.0 Å². The van der Waals surface area contributed by atoms with E-state index in [1.807, 2.05) is 36.4 Å². The molecule has 0 bridgehead atoms. The third-order valence-electron chi connectivity index (χ3n) is 4.70. The number of rotatable bonds is 9. The van der Waals surface area contributed by atoms with Crippen molar-refractivity contribution in [1.29, 1.82) is 0 Å². The molecule has 27 heavy (non-hydrogen) atoms. The van der Waals surface area contributed by atoms with E-state index in [2.05, 4.69) is 10.3 Å². The van der Waals surface area contributed by atoms with Crippen molar-refractivity contribution in [2.45, 2.75) is 38.1 Å². The second-order valence-electron chi connectivity index (χ2n) is 6.58. The predicted octanol–water partition coefficient (Wildman–Crippen LogP) is 4.34. The zero-order valence-corrected chi connectivity index (χ0v) is 15.2. The van der Waals surface area contributed by atoms with Crippen LogP contribution < -0.4 is 0 Å². The largest absolute Gasteiger partial charge is 0.411 e. The highest BCUT2D eigenvalue weighted by Crippen LogP contribution is 2.25. The summed E-state index contributed by atoms with van der Waals surface area (Å²) in [6, 6.07) is 18.1. The molecule has 142 valence electrons. The van der Waals surface area contributed by atoms with Crippen LogP contribution in [0.25, 0.3) is 0 Å². The lowest BCUT2D eigenvalue weighted by molar-refractivity contribution is -0.567. The molecule has 0 aliphatic carbocycles. The van der Waals surface area contributed by atoms with Gasteiger partial charge in [-0.3, -0.25) is 10.1 Å². The first-order valence-corrected chi connectivity index (χ1v) is 8.67. The Balaban J connectivity index is 2.07. The van der Waals surface area contributed by atoms with Gasteiger partial charge in [0.2, 0.25) is 5.54 Å². The number of oxime groups is 2. The molecule has 0 spiro atoms. The van der Waals surface area contributed by atoms with Gasteiger partial charge in [-0.2, -0.15) is 0 Å². The Kier molecular flexibility index (Phi) is 7.05. The van der Waals surface area contributed by atoms with Gasteiger partial charge in [0.25, 0.3) is 0 Å². The van der Waals surface area contributed by atoms with Gasteiger partial charge in [0, 0.05) is 37.5 Å². The van der Waals surface area contributed by atoms with Gasteiger partial charge in [0.1, 0.15) is 0 Å². The Morgan fingerprint density at radius 3 is 1.56 bits per heavy atom. The summed E-state index contributed by atoms with van der Waals surface area (Å²) in [7, 11) is 0. The minimum Gasteiger partial charge on any atom is -0.411 e. The highest BCUT2D eigenvalue weighted by atomic mass is 16.6. The molecule has 2 aromatic carbocycles. The van der Waals surface area contributed by atoms with Crippen LogP contribution in [0.5, 0.6) is 0 Å². The van der Waals surface area contributed by atoms with E-state index in [4.69, 9.17) is 0 Å². The zero-order chi connectivity index (χ0) is 19.7. The van der Waals surface area contributed by atoms with E-state index in [1.54, 1.807) is 31.2 Å². The molecule has 2 rings (SSSR count). The van der Waals surface area contributed by atoms with Crippen molar-refractivity contribution in [1.82, 2.24) is 0 Å². The van der Waals surface area contributed by atoms with Crippen molar-refractivity contribution in [3.05, 3.63) is 81.9 Å². The van der Waals surface area contributed by atoms with Crippen molar-refractivity contribution in [3.8, 4) is 0 Å². The number of hydrogen-bond donors (Lipinski definition) is 2. The van der Waals surface area contributed by atoms with Crippen LogP contribution in [0, 0.1) is 10.1 Å².